The van der Waals surface area contributed by atoms with Gasteiger partial charge in [0.1, 0.15) is 0 Å². The Morgan fingerprint density at radius 1 is 1.33 bits per heavy atom. The standard InChI is InChI=1S/C13H24N2O3/c1-2-11(7-12(16)17)15-13(18)10-5-3-9(8-14)4-6-10/h9-11H,2-8,14H2,1H3,(H,15,18)(H,16,17). The molecule has 0 bridgehead atoms. The molecule has 0 heterocycles. The largest absolute Gasteiger partial charge is 0.481 e. The second-order valence-electron chi connectivity index (χ2n) is 5.16. The Hall–Kier alpha value is -1.10. The predicted octanol–water partition coefficient (Wildman–Crippen LogP) is 1.12. The summed E-state index contributed by atoms with van der Waals surface area (Å²) >= 11 is 0. The van der Waals surface area contributed by atoms with Crippen LogP contribution in [-0.4, -0.2) is 29.6 Å². The number of aliphatic carboxylic acids is 1. The second kappa shape index (κ2) is 7.36. The van der Waals surface area contributed by atoms with Crippen LogP contribution in [0.5, 0.6) is 0 Å². The van der Waals surface area contributed by atoms with Crippen LogP contribution in [0, 0.1) is 11.8 Å². The van der Waals surface area contributed by atoms with E-state index in [1.165, 1.54) is 0 Å². The van der Waals surface area contributed by atoms with Crippen LogP contribution in [0.2, 0.25) is 0 Å². The summed E-state index contributed by atoms with van der Waals surface area (Å²) in [7, 11) is 0. The first-order chi connectivity index (χ1) is 8.56. The molecule has 0 radical (unpaired) electrons. The maximum absolute atomic E-state index is 12.0. The molecule has 1 aliphatic carbocycles. The van der Waals surface area contributed by atoms with E-state index in [2.05, 4.69) is 5.32 Å². The van der Waals surface area contributed by atoms with Gasteiger partial charge in [-0.25, -0.2) is 0 Å². The highest BCUT2D eigenvalue weighted by molar-refractivity contribution is 5.79. The van der Waals surface area contributed by atoms with Gasteiger partial charge < -0.3 is 16.2 Å². The molecule has 1 amide bonds. The number of nitrogens with two attached hydrogens (primary N) is 1. The Morgan fingerprint density at radius 3 is 2.39 bits per heavy atom. The van der Waals surface area contributed by atoms with Gasteiger partial charge in [-0.05, 0) is 44.6 Å². The number of carbonyl (C=O) groups is 2. The normalized spacial score (nSPS) is 25.4. The van der Waals surface area contributed by atoms with Crippen LogP contribution in [-0.2, 0) is 9.59 Å². The quantitative estimate of drug-likeness (QED) is 0.664. The van der Waals surface area contributed by atoms with E-state index < -0.39 is 5.97 Å². The van der Waals surface area contributed by atoms with E-state index >= 15 is 0 Å². The fraction of sp³-hybridized carbons (Fsp3) is 0.846. The smallest absolute Gasteiger partial charge is 0.305 e. The third-order valence-electron chi connectivity index (χ3n) is 3.81. The van der Waals surface area contributed by atoms with Crippen LogP contribution in [0.25, 0.3) is 0 Å². The van der Waals surface area contributed by atoms with Gasteiger partial charge in [-0.3, -0.25) is 9.59 Å². The molecule has 1 saturated carbocycles. The second-order valence-corrected chi connectivity index (χ2v) is 5.16. The molecule has 1 rings (SSSR count). The first kappa shape index (κ1) is 15.0. The molecular formula is C13H24N2O3. The summed E-state index contributed by atoms with van der Waals surface area (Å²) in [5.41, 5.74) is 5.62. The molecule has 0 saturated heterocycles. The van der Waals surface area contributed by atoms with Gasteiger partial charge >= 0.3 is 5.97 Å². The van der Waals surface area contributed by atoms with Gasteiger partial charge in [-0.1, -0.05) is 6.92 Å². The summed E-state index contributed by atoms with van der Waals surface area (Å²) in [6, 6.07) is -0.248. The van der Waals surface area contributed by atoms with E-state index in [-0.39, 0.29) is 24.3 Å². The average Bonchev–Trinajstić information content (AvgIpc) is 2.37. The summed E-state index contributed by atoms with van der Waals surface area (Å²) in [4.78, 5) is 22.7. The molecule has 0 aromatic heterocycles. The van der Waals surface area contributed by atoms with E-state index in [4.69, 9.17) is 10.8 Å². The first-order valence-electron chi connectivity index (χ1n) is 6.79. The van der Waals surface area contributed by atoms with E-state index in [9.17, 15) is 9.59 Å². The van der Waals surface area contributed by atoms with Crippen molar-refractivity contribution in [2.75, 3.05) is 6.54 Å². The van der Waals surface area contributed by atoms with Gasteiger partial charge in [0.2, 0.25) is 5.91 Å². The number of rotatable bonds is 6. The first-order valence-corrected chi connectivity index (χ1v) is 6.79. The molecule has 5 nitrogen and oxygen atoms in total. The van der Waals surface area contributed by atoms with Crippen LogP contribution < -0.4 is 11.1 Å². The summed E-state index contributed by atoms with van der Waals surface area (Å²) < 4.78 is 0. The lowest BCUT2D eigenvalue weighted by Gasteiger charge is -2.28. The Labute approximate surface area is 108 Å². The van der Waals surface area contributed by atoms with Crippen LogP contribution in [0.1, 0.15) is 45.4 Å². The van der Waals surface area contributed by atoms with Crippen molar-refractivity contribution < 1.29 is 14.7 Å². The summed E-state index contributed by atoms with van der Waals surface area (Å²) in [5.74, 6) is -0.266. The highest BCUT2D eigenvalue weighted by atomic mass is 16.4. The Bertz CT molecular complexity index is 286. The lowest BCUT2D eigenvalue weighted by atomic mass is 9.81. The molecule has 0 aromatic carbocycles. The lowest BCUT2D eigenvalue weighted by molar-refractivity contribution is -0.138. The van der Waals surface area contributed by atoms with Crippen molar-refractivity contribution in [3.05, 3.63) is 0 Å². The SMILES string of the molecule is CCC(CC(=O)O)NC(=O)C1CCC(CN)CC1. The fourth-order valence-corrected chi connectivity index (χ4v) is 2.49. The van der Waals surface area contributed by atoms with Crippen LogP contribution >= 0.6 is 0 Å². The van der Waals surface area contributed by atoms with Gasteiger partial charge in [0, 0.05) is 12.0 Å². The zero-order valence-corrected chi connectivity index (χ0v) is 11.0. The predicted molar refractivity (Wildman–Crippen MR) is 69.0 cm³/mol. The molecule has 18 heavy (non-hydrogen) atoms. The minimum Gasteiger partial charge on any atom is -0.481 e. The maximum atomic E-state index is 12.0. The van der Waals surface area contributed by atoms with E-state index in [1.807, 2.05) is 6.92 Å². The van der Waals surface area contributed by atoms with Crippen molar-refractivity contribution in [2.24, 2.45) is 17.6 Å². The molecule has 1 atom stereocenters. The van der Waals surface area contributed by atoms with Gasteiger partial charge in [0.15, 0.2) is 0 Å². The summed E-state index contributed by atoms with van der Waals surface area (Å²) in [5, 5.41) is 11.6. The highest BCUT2D eigenvalue weighted by Crippen LogP contribution is 2.28. The van der Waals surface area contributed by atoms with Crippen molar-refractivity contribution in [3.8, 4) is 0 Å². The number of nitrogens with one attached hydrogen (secondary N) is 1. The third kappa shape index (κ3) is 4.64. The van der Waals surface area contributed by atoms with Gasteiger partial charge in [0.05, 0.1) is 6.42 Å². The minimum absolute atomic E-state index is 0.000382. The summed E-state index contributed by atoms with van der Waals surface area (Å²) in [6.07, 6.45) is 4.40. The van der Waals surface area contributed by atoms with Gasteiger partial charge in [0.25, 0.3) is 0 Å². The molecule has 0 spiro atoms. The van der Waals surface area contributed by atoms with E-state index in [0.29, 0.717) is 18.9 Å². The molecule has 1 aliphatic rings. The maximum Gasteiger partial charge on any atom is 0.305 e. The van der Waals surface area contributed by atoms with Crippen LogP contribution in [0.4, 0.5) is 0 Å². The van der Waals surface area contributed by atoms with Crippen molar-refractivity contribution in [1.29, 1.82) is 0 Å². The Kier molecular flexibility index (Phi) is 6.12. The molecule has 4 N–H and O–H groups in total. The van der Waals surface area contributed by atoms with E-state index in [0.717, 1.165) is 25.7 Å². The third-order valence-corrected chi connectivity index (χ3v) is 3.81. The van der Waals surface area contributed by atoms with Crippen molar-refractivity contribution >= 4 is 11.9 Å². The molecule has 1 fully saturated rings. The molecule has 5 heteroatoms. The number of hydrogen-bond acceptors (Lipinski definition) is 3. The zero-order chi connectivity index (χ0) is 13.5. The molecule has 0 aromatic rings. The number of hydrogen-bond donors (Lipinski definition) is 3. The van der Waals surface area contributed by atoms with Gasteiger partial charge in [-0.15, -0.1) is 0 Å². The van der Waals surface area contributed by atoms with Crippen LogP contribution in [0.15, 0.2) is 0 Å². The zero-order valence-electron chi connectivity index (χ0n) is 11.0. The van der Waals surface area contributed by atoms with Crippen molar-refractivity contribution in [1.82, 2.24) is 5.32 Å². The average molecular weight is 256 g/mol. The lowest BCUT2D eigenvalue weighted by Crippen LogP contribution is -2.41. The van der Waals surface area contributed by atoms with Crippen LogP contribution in [0.3, 0.4) is 0 Å². The number of amides is 1. The summed E-state index contributed by atoms with van der Waals surface area (Å²) in [6.45, 7) is 2.59. The highest BCUT2D eigenvalue weighted by Gasteiger charge is 2.27. The minimum atomic E-state index is -0.867. The van der Waals surface area contributed by atoms with Crippen molar-refractivity contribution in [2.45, 2.75) is 51.5 Å². The van der Waals surface area contributed by atoms with Gasteiger partial charge in [-0.2, -0.15) is 0 Å². The Balaban J connectivity index is 2.38. The monoisotopic (exact) mass is 256 g/mol. The number of carboxylic acid groups (broad SMARTS) is 1. The number of carboxylic acids is 1. The molecular weight excluding hydrogens is 232 g/mol. The van der Waals surface area contributed by atoms with E-state index in [1.54, 1.807) is 0 Å². The molecule has 1 unspecified atom stereocenters. The van der Waals surface area contributed by atoms with Crippen molar-refractivity contribution in [3.63, 3.8) is 0 Å². The fourth-order valence-electron chi connectivity index (χ4n) is 2.49. The Morgan fingerprint density at radius 2 is 1.94 bits per heavy atom. The molecule has 0 aliphatic heterocycles. The number of carbonyl (C=O) groups excluding carboxylic acids is 1. The topological polar surface area (TPSA) is 92.4 Å². The molecule has 104 valence electrons.